The summed E-state index contributed by atoms with van der Waals surface area (Å²) in [5.74, 6) is -1.49. The molecule has 2 atom stereocenters. The van der Waals surface area contributed by atoms with Crippen molar-refractivity contribution < 1.29 is 32.0 Å². The second-order valence-corrected chi connectivity index (χ2v) is 31.2. The lowest BCUT2D eigenvalue weighted by molar-refractivity contribution is -0.172. The number of rotatable bonds is 8. The Hall–Kier alpha value is -5.55. The average molecular weight is 899 g/mol. The number of aliphatic hydroxyl groups is 2. The molecule has 8 heterocycles. The van der Waals surface area contributed by atoms with Gasteiger partial charge in [-0.2, -0.15) is 0 Å². The molecule has 0 saturated heterocycles. The zero-order valence-corrected chi connectivity index (χ0v) is 39.8. The predicted molar refractivity (Wildman–Crippen MR) is 253 cm³/mol. The SMILES string of the molecule is CC[C@@]1(O)C(=O)OCc2c1cc1n(c2=O)Cc2c-1nc1ccccc1c2CC[Si](C)(C)C.[2H]C1([2H])c2c(nc3ccccc3c2CC[Si](C)(C)C)-c2cc3c(c(=O)n21)COC(=O)[C@]3(O)CC. The van der Waals surface area contributed by atoms with Gasteiger partial charge in [-0.15, -0.1) is 0 Å². The Balaban J connectivity index is 0.000000166. The van der Waals surface area contributed by atoms with E-state index in [9.17, 15) is 29.4 Å². The number of esters is 2. The van der Waals surface area contributed by atoms with E-state index < -0.39 is 51.3 Å². The Labute approximate surface area is 376 Å². The molecule has 4 aromatic heterocycles. The number of hydrogen-bond acceptors (Lipinski definition) is 10. The van der Waals surface area contributed by atoms with Crippen molar-refractivity contribution in [1.29, 1.82) is 0 Å². The Morgan fingerprint density at radius 2 is 1.06 bits per heavy atom. The van der Waals surface area contributed by atoms with Crippen molar-refractivity contribution in [3.8, 4) is 22.8 Å². The molecule has 10 rings (SSSR count). The number of aromatic nitrogens is 4. The highest BCUT2D eigenvalue weighted by Gasteiger charge is 2.47. The largest absolute Gasteiger partial charge is 0.458 e. The third-order valence-corrected chi connectivity index (χ3v) is 16.9. The zero-order chi connectivity index (χ0) is 47.5. The summed E-state index contributed by atoms with van der Waals surface area (Å²) < 4.78 is 31.3. The maximum atomic E-state index is 13.6. The summed E-state index contributed by atoms with van der Waals surface area (Å²) in [6.45, 7) is 15.2. The number of ether oxygens (including phenoxy) is 2. The Bertz CT molecular complexity index is 3190. The van der Waals surface area contributed by atoms with Crippen LogP contribution in [0.1, 0.15) is 73.9 Å². The summed E-state index contributed by atoms with van der Waals surface area (Å²) in [4.78, 5) is 61.6. The number of nitrogens with zero attached hydrogens (tertiary/aromatic N) is 4. The van der Waals surface area contributed by atoms with E-state index >= 15 is 0 Å². The van der Waals surface area contributed by atoms with Crippen molar-refractivity contribution in [2.24, 2.45) is 0 Å². The van der Waals surface area contributed by atoms with Gasteiger partial charge in [-0.25, -0.2) is 19.6 Å². The van der Waals surface area contributed by atoms with E-state index in [0.29, 0.717) is 41.0 Å². The minimum Gasteiger partial charge on any atom is -0.458 e. The van der Waals surface area contributed by atoms with Crippen LogP contribution in [0, 0.1) is 0 Å². The van der Waals surface area contributed by atoms with Gasteiger partial charge in [0, 0.05) is 49.2 Å². The van der Waals surface area contributed by atoms with E-state index in [0.717, 1.165) is 61.7 Å². The standard InChI is InChI=1S/2C25H28N2O4Si/c2*1-5-25(30)19-12-21-22-17(13-27(21)23(28)18(19)14-31-24(25)29)15(10-11-32(2,3)4)16-8-6-7-9-20(16)26-22/h2*6-9,12,30H,5,10-11,13-14H2,1-4H3/t2*25-/m00/s1/i13D2;. The number of carbonyl (C=O) groups is 2. The minimum atomic E-state index is -2.13. The zero-order valence-electron chi connectivity index (χ0n) is 39.8. The molecule has 0 bridgehead atoms. The van der Waals surface area contributed by atoms with Gasteiger partial charge < -0.3 is 28.8 Å². The Kier molecular flexibility index (Phi) is 10.0. The number of benzene rings is 2. The third kappa shape index (κ3) is 7.09. The summed E-state index contributed by atoms with van der Waals surface area (Å²) >= 11 is 0. The molecule has 14 heteroatoms. The third-order valence-electron chi connectivity index (χ3n) is 13.4. The quantitative estimate of drug-likeness (QED) is 0.113. The molecule has 0 radical (unpaired) electrons. The van der Waals surface area contributed by atoms with Crippen molar-refractivity contribution in [2.45, 2.75) is 128 Å². The summed E-state index contributed by atoms with van der Waals surface area (Å²) in [5, 5.41) is 24.2. The van der Waals surface area contributed by atoms with E-state index in [4.69, 9.17) is 22.2 Å². The van der Waals surface area contributed by atoms with Crippen LogP contribution in [0.2, 0.25) is 51.4 Å². The van der Waals surface area contributed by atoms with Gasteiger partial charge in [-0.1, -0.05) is 102 Å². The van der Waals surface area contributed by atoms with Gasteiger partial charge in [0.25, 0.3) is 11.1 Å². The lowest BCUT2D eigenvalue weighted by Crippen LogP contribution is -2.44. The molecule has 2 aromatic carbocycles. The fourth-order valence-corrected chi connectivity index (χ4v) is 11.5. The monoisotopic (exact) mass is 898 g/mol. The van der Waals surface area contributed by atoms with E-state index in [1.54, 1.807) is 30.5 Å². The van der Waals surface area contributed by atoms with Crippen molar-refractivity contribution in [2.75, 3.05) is 0 Å². The van der Waals surface area contributed by atoms with Gasteiger partial charge in [0.2, 0.25) is 0 Å². The van der Waals surface area contributed by atoms with E-state index in [1.807, 2.05) is 42.5 Å². The maximum Gasteiger partial charge on any atom is 0.343 e. The van der Waals surface area contributed by atoms with E-state index in [1.165, 1.54) is 5.56 Å². The highest BCUT2D eigenvalue weighted by Crippen LogP contribution is 2.43. The topological polar surface area (TPSA) is 163 Å². The molecule has 12 nitrogen and oxygen atoms in total. The normalized spacial score (nSPS) is 20.7. The highest BCUT2D eigenvalue weighted by atomic mass is 28.3. The molecule has 0 saturated carbocycles. The Morgan fingerprint density at radius 3 is 1.53 bits per heavy atom. The predicted octanol–water partition coefficient (Wildman–Crippen LogP) is 7.92. The second kappa shape index (κ2) is 15.6. The van der Waals surface area contributed by atoms with Crippen LogP contribution in [-0.2, 0) is 69.4 Å². The highest BCUT2D eigenvalue weighted by molar-refractivity contribution is 6.76. The van der Waals surface area contributed by atoms with Crippen LogP contribution in [0.25, 0.3) is 44.6 Å². The van der Waals surface area contributed by atoms with Gasteiger partial charge in [0.1, 0.15) is 13.2 Å². The smallest absolute Gasteiger partial charge is 0.343 e. The molecule has 0 aliphatic carbocycles. The van der Waals surface area contributed by atoms with Gasteiger partial charge in [0.15, 0.2) is 11.2 Å². The van der Waals surface area contributed by atoms with Gasteiger partial charge in [-0.3, -0.25) is 9.59 Å². The van der Waals surface area contributed by atoms with Crippen LogP contribution in [0.4, 0.5) is 0 Å². The second-order valence-electron chi connectivity index (χ2n) is 20.0. The molecule has 0 unspecified atom stereocenters. The van der Waals surface area contributed by atoms with Crippen molar-refractivity contribution in [3.05, 3.63) is 126 Å². The summed E-state index contributed by atoms with van der Waals surface area (Å²) in [7, 11) is -2.73. The number of carbonyl (C=O) groups excluding carboxylic acids is 2. The van der Waals surface area contributed by atoms with E-state index in [-0.39, 0.29) is 48.4 Å². The summed E-state index contributed by atoms with van der Waals surface area (Å²) in [5.41, 5.74) is 3.81. The summed E-state index contributed by atoms with van der Waals surface area (Å²) in [6, 6.07) is 21.2. The first kappa shape index (κ1) is 41.2. The fraction of sp³-hybridized carbons (Fsp3) is 0.400. The fourth-order valence-electron chi connectivity index (χ4n) is 9.50. The van der Waals surface area contributed by atoms with Crippen LogP contribution in [0.15, 0.2) is 70.3 Å². The van der Waals surface area contributed by atoms with Gasteiger partial charge in [-0.05, 0) is 61.1 Å². The first-order valence-electron chi connectivity index (χ1n) is 23.2. The first-order chi connectivity index (χ1) is 31.0. The van der Waals surface area contributed by atoms with Crippen LogP contribution in [0.3, 0.4) is 0 Å². The molecule has 0 fully saturated rings. The molecule has 6 aromatic rings. The van der Waals surface area contributed by atoms with Gasteiger partial charge in [0.05, 0.1) is 60.7 Å². The van der Waals surface area contributed by atoms with Crippen molar-refractivity contribution in [3.63, 3.8) is 0 Å². The lowest BCUT2D eigenvalue weighted by atomic mass is 9.86. The van der Waals surface area contributed by atoms with Gasteiger partial charge >= 0.3 is 11.9 Å². The number of cyclic esters (lactones) is 2. The first-order valence-corrected chi connectivity index (χ1v) is 29.6. The molecular weight excluding hydrogens is 841 g/mol. The summed E-state index contributed by atoms with van der Waals surface area (Å²) in [6.07, 6.45) is 1.81. The molecule has 332 valence electrons. The van der Waals surface area contributed by atoms with E-state index in [2.05, 4.69) is 45.3 Å². The number of pyridine rings is 4. The van der Waals surface area contributed by atoms with Crippen LogP contribution in [0.5, 0.6) is 0 Å². The number of para-hydroxylation sites is 2. The molecule has 0 spiro atoms. The van der Waals surface area contributed by atoms with Crippen LogP contribution >= 0.6 is 0 Å². The van der Waals surface area contributed by atoms with Crippen molar-refractivity contribution in [1.82, 2.24) is 19.1 Å². The molecule has 4 aliphatic rings. The Morgan fingerprint density at radius 1 is 0.641 bits per heavy atom. The van der Waals surface area contributed by atoms with Crippen LogP contribution < -0.4 is 11.1 Å². The lowest BCUT2D eigenvalue weighted by Gasteiger charge is -2.31. The average Bonchev–Trinajstić information content (AvgIpc) is 3.75. The van der Waals surface area contributed by atoms with Crippen LogP contribution in [-0.4, -0.2) is 57.4 Å². The molecule has 4 aliphatic heterocycles. The number of hydrogen-bond donors (Lipinski definition) is 2. The van der Waals surface area contributed by atoms with Crippen molar-refractivity contribution >= 4 is 49.9 Å². The maximum absolute atomic E-state index is 13.6. The number of aryl methyl sites for hydroxylation is 2. The molecule has 64 heavy (non-hydrogen) atoms. The molecular formula is C50H56N4O8Si2. The minimum absolute atomic E-state index is 0.0358. The number of fused-ring (bicyclic) bond motifs is 10. The molecule has 0 amide bonds. The molecule has 2 N–H and O–H groups in total.